The Morgan fingerprint density at radius 3 is 2.48 bits per heavy atom. The summed E-state index contributed by atoms with van der Waals surface area (Å²) in [6.07, 6.45) is -4.70. The third-order valence-electron chi connectivity index (χ3n) is 4.38. The van der Waals surface area contributed by atoms with Crippen LogP contribution in [0.3, 0.4) is 0 Å². The molecule has 0 spiro atoms. The number of aliphatic hydroxyl groups excluding tert-OH is 4. The standard InChI is InChI=1S/C18H22N2O7/c1-8-15(9(2)23)11-4-3-10(5-12(11)20-18(8)27)19-13(6-21)16(25)17(26)14(24)7-22/h3-6,13-14,16-17,19,22,24-26H,7H2,1-2H3,(H,20,27)/t13-,14+,16+,17+/m0/s1. The molecule has 9 nitrogen and oxygen atoms in total. The van der Waals surface area contributed by atoms with E-state index in [0.717, 1.165) is 0 Å². The van der Waals surface area contributed by atoms with Crippen molar-refractivity contribution in [3.63, 3.8) is 0 Å². The Morgan fingerprint density at radius 1 is 1.26 bits per heavy atom. The van der Waals surface area contributed by atoms with E-state index in [1.807, 2.05) is 0 Å². The second-order valence-corrected chi connectivity index (χ2v) is 6.31. The molecule has 146 valence electrons. The first-order valence-electron chi connectivity index (χ1n) is 8.25. The van der Waals surface area contributed by atoms with Crippen LogP contribution in [0.5, 0.6) is 0 Å². The number of nitrogens with one attached hydrogen (secondary N) is 2. The Balaban J connectivity index is 2.39. The lowest BCUT2D eigenvalue weighted by Gasteiger charge is -2.27. The van der Waals surface area contributed by atoms with Gasteiger partial charge in [0.25, 0.3) is 5.56 Å². The van der Waals surface area contributed by atoms with Gasteiger partial charge in [-0.1, -0.05) is 6.07 Å². The van der Waals surface area contributed by atoms with E-state index in [2.05, 4.69) is 10.3 Å². The molecule has 1 heterocycles. The van der Waals surface area contributed by atoms with Crippen LogP contribution in [0.15, 0.2) is 23.0 Å². The van der Waals surface area contributed by atoms with E-state index in [-0.39, 0.29) is 5.78 Å². The zero-order valence-corrected chi connectivity index (χ0v) is 14.8. The first-order valence-corrected chi connectivity index (χ1v) is 8.25. The summed E-state index contributed by atoms with van der Waals surface area (Å²) in [7, 11) is 0. The molecule has 6 N–H and O–H groups in total. The van der Waals surface area contributed by atoms with Crippen LogP contribution >= 0.6 is 0 Å². The summed E-state index contributed by atoms with van der Waals surface area (Å²) in [4.78, 5) is 37.9. The highest BCUT2D eigenvalue weighted by atomic mass is 16.4. The largest absolute Gasteiger partial charge is 0.394 e. The number of aliphatic hydroxyl groups is 4. The van der Waals surface area contributed by atoms with Crippen molar-refractivity contribution in [3.05, 3.63) is 39.7 Å². The Morgan fingerprint density at radius 2 is 1.93 bits per heavy atom. The summed E-state index contributed by atoms with van der Waals surface area (Å²) in [6.45, 7) is 2.13. The number of H-pyrrole nitrogens is 1. The lowest BCUT2D eigenvalue weighted by Crippen LogP contribution is -2.49. The van der Waals surface area contributed by atoms with Crippen molar-refractivity contribution in [2.75, 3.05) is 11.9 Å². The number of aldehydes is 1. The number of aromatic nitrogens is 1. The van der Waals surface area contributed by atoms with Gasteiger partial charge in [-0.25, -0.2) is 0 Å². The second-order valence-electron chi connectivity index (χ2n) is 6.31. The zero-order chi connectivity index (χ0) is 20.3. The van der Waals surface area contributed by atoms with Crippen molar-refractivity contribution in [2.45, 2.75) is 38.2 Å². The lowest BCUT2D eigenvalue weighted by atomic mass is 10.00. The van der Waals surface area contributed by atoms with Crippen LogP contribution in [0.25, 0.3) is 10.9 Å². The number of ketones is 1. The maximum Gasteiger partial charge on any atom is 0.252 e. The van der Waals surface area contributed by atoms with Gasteiger partial charge < -0.3 is 35.5 Å². The molecule has 1 aromatic heterocycles. The van der Waals surface area contributed by atoms with Gasteiger partial charge in [-0.15, -0.1) is 0 Å². The van der Waals surface area contributed by atoms with Crippen LogP contribution in [0.4, 0.5) is 5.69 Å². The first-order chi connectivity index (χ1) is 12.7. The minimum atomic E-state index is -1.75. The molecule has 0 aliphatic heterocycles. The Hall–Kier alpha value is -2.59. The average Bonchev–Trinajstić information content (AvgIpc) is 2.64. The molecular weight excluding hydrogens is 356 g/mol. The summed E-state index contributed by atoms with van der Waals surface area (Å²) >= 11 is 0. The molecule has 0 saturated heterocycles. The summed E-state index contributed by atoms with van der Waals surface area (Å²) in [6, 6.07) is 3.33. The van der Waals surface area contributed by atoms with Crippen LogP contribution < -0.4 is 10.9 Å². The van der Waals surface area contributed by atoms with Crippen molar-refractivity contribution >= 4 is 28.7 Å². The summed E-state index contributed by atoms with van der Waals surface area (Å²) < 4.78 is 0. The zero-order valence-electron chi connectivity index (χ0n) is 14.8. The maximum absolute atomic E-state index is 12.0. The van der Waals surface area contributed by atoms with Crippen LogP contribution in [0, 0.1) is 6.92 Å². The van der Waals surface area contributed by atoms with E-state index < -0.39 is 36.5 Å². The van der Waals surface area contributed by atoms with Crippen molar-refractivity contribution < 1.29 is 30.0 Å². The number of pyridine rings is 1. The topological polar surface area (TPSA) is 160 Å². The minimum absolute atomic E-state index is 0.258. The van der Waals surface area contributed by atoms with E-state index in [0.29, 0.717) is 34.0 Å². The number of carbonyl (C=O) groups is 2. The Labute approximate surface area is 154 Å². The molecule has 27 heavy (non-hydrogen) atoms. The molecule has 4 atom stereocenters. The minimum Gasteiger partial charge on any atom is -0.394 e. The quantitative estimate of drug-likeness (QED) is 0.254. The predicted octanol–water partition coefficient (Wildman–Crippen LogP) is -0.906. The normalized spacial score (nSPS) is 15.8. The SMILES string of the molecule is CC(=O)c1c(C)c(=O)[nH]c2cc(N[C@@H](C=O)[C@@H](O)[C@H](O)[C@H](O)CO)ccc12. The van der Waals surface area contributed by atoms with E-state index in [1.54, 1.807) is 19.1 Å². The number of aromatic amines is 1. The summed E-state index contributed by atoms with van der Waals surface area (Å²) in [5.41, 5.74) is 0.874. The molecule has 2 aromatic rings. The van der Waals surface area contributed by atoms with Gasteiger partial charge in [0.1, 0.15) is 30.6 Å². The fourth-order valence-corrected chi connectivity index (χ4v) is 2.88. The number of hydrogen-bond acceptors (Lipinski definition) is 8. The van der Waals surface area contributed by atoms with Gasteiger partial charge in [0.2, 0.25) is 0 Å². The highest BCUT2D eigenvalue weighted by Crippen LogP contribution is 2.23. The third kappa shape index (κ3) is 4.22. The molecule has 0 aliphatic rings. The van der Waals surface area contributed by atoms with Gasteiger partial charge in [0.15, 0.2) is 5.78 Å². The number of carbonyl (C=O) groups excluding carboxylic acids is 2. The molecule has 2 rings (SSSR count). The highest BCUT2D eigenvalue weighted by Gasteiger charge is 2.31. The van der Waals surface area contributed by atoms with Gasteiger partial charge in [-0.2, -0.15) is 0 Å². The third-order valence-corrected chi connectivity index (χ3v) is 4.38. The highest BCUT2D eigenvalue weighted by molar-refractivity contribution is 6.07. The van der Waals surface area contributed by atoms with Crippen LogP contribution in [0.1, 0.15) is 22.8 Å². The van der Waals surface area contributed by atoms with Gasteiger partial charge in [-0.3, -0.25) is 9.59 Å². The maximum atomic E-state index is 12.0. The number of anilines is 1. The van der Waals surface area contributed by atoms with Crippen molar-refractivity contribution in [2.24, 2.45) is 0 Å². The van der Waals surface area contributed by atoms with Crippen molar-refractivity contribution in [3.8, 4) is 0 Å². The predicted molar refractivity (Wildman–Crippen MR) is 97.9 cm³/mol. The van der Waals surface area contributed by atoms with E-state index >= 15 is 0 Å². The van der Waals surface area contributed by atoms with Gasteiger partial charge in [0, 0.05) is 22.2 Å². The van der Waals surface area contributed by atoms with Gasteiger partial charge >= 0.3 is 0 Å². The molecule has 9 heteroatoms. The Bertz CT molecular complexity index is 908. The molecular formula is C18H22N2O7. The fraction of sp³-hybridized carbons (Fsp3) is 0.389. The van der Waals surface area contributed by atoms with Gasteiger partial charge in [0.05, 0.1) is 12.1 Å². The smallest absolute Gasteiger partial charge is 0.252 e. The number of fused-ring (bicyclic) bond motifs is 1. The van der Waals surface area contributed by atoms with E-state index in [1.165, 1.54) is 13.0 Å². The lowest BCUT2D eigenvalue weighted by molar-refractivity contribution is -0.117. The number of Topliss-reactive ketones (excluding diaryl/α,β-unsaturated/α-hetero) is 1. The fourth-order valence-electron chi connectivity index (χ4n) is 2.88. The average molecular weight is 378 g/mol. The van der Waals surface area contributed by atoms with E-state index in [9.17, 15) is 29.7 Å². The molecule has 1 aromatic carbocycles. The molecule has 0 radical (unpaired) electrons. The van der Waals surface area contributed by atoms with Gasteiger partial charge in [-0.05, 0) is 26.0 Å². The van der Waals surface area contributed by atoms with Crippen LogP contribution in [0.2, 0.25) is 0 Å². The summed E-state index contributed by atoms with van der Waals surface area (Å²) in [5, 5.41) is 41.3. The Kier molecular flexibility index (Phi) is 6.45. The molecule has 0 unspecified atom stereocenters. The number of rotatable bonds is 8. The van der Waals surface area contributed by atoms with Crippen LogP contribution in [-0.4, -0.2) is 68.4 Å². The summed E-state index contributed by atoms with van der Waals surface area (Å²) in [5.74, 6) is -0.258. The molecule has 0 aliphatic carbocycles. The van der Waals surface area contributed by atoms with E-state index in [4.69, 9.17) is 5.11 Å². The number of benzene rings is 1. The van der Waals surface area contributed by atoms with Crippen molar-refractivity contribution in [1.29, 1.82) is 0 Å². The molecule has 0 amide bonds. The molecule has 0 fully saturated rings. The first kappa shape index (κ1) is 20.7. The molecule has 0 bridgehead atoms. The molecule has 0 saturated carbocycles. The number of hydrogen-bond donors (Lipinski definition) is 6. The van der Waals surface area contributed by atoms with Crippen LogP contribution in [-0.2, 0) is 4.79 Å². The van der Waals surface area contributed by atoms with Crippen molar-refractivity contribution in [1.82, 2.24) is 4.98 Å². The second kappa shape index (κ2) is 8.40. The monoisotopic (exact) mass is 378 g/mol.